The maximum absolute atomic E-state index is 11.4. The molecule has 1 amide bonds. The molecule has 186 valence electrons. The van der Waals surface area contributed by atoms with Gasteiger partial charge in [-0.05, 0) is 42.3 Å². The molecule has 0 unspecified atom stereocenters. The van der Waals surface area contributed by atoms with Gasteiger partial charge < -0.3 is 25.5 Å². The van der Waals surface area contributed by atoms with Gasteiger partial charge >= 0.3 is 0 Å². The number of aromatic hydroxyl groups is 1. The molecule has 1 aliphatic heterocycles. The Labute approximate surface area is 210 Å². The Balaban J connectivity index is 1.20. The summed E-state index contributed by atoms with van der Waals surface area (Å²) in [5.74, 6) is 0.595. The van der Waals surface area contributed by atoms with E-state index in [2.05, 4.69) is 64.2 Å². The number of anilines is 1. The van der Waals surface area contributed by atoms with E-state index >= 15 is 0 Å². The lowest BCUT2D eigenvalue weighted by atomic mass is 10.1. The number of imidazole rings is 1. The summed E-state index contributed by atoms with van der Waals surface area (Å²) in [6.45, 7) is 7.04. The van der Waals surface area contributed by atoms with E-state index < -0.39 is 5.91 Å². The lowest BCUT2D eigenvalue weighted by Gasteiger charge is -2.36. The highest BCUT2D eigenvalue weighted by molar-refractivity contribution is 5.96. The van der Waals surface area contributed by atoms with Gasteiger partial charge in [0.15, 0.2) is 0 Å². The van der Waals surface area contributed by atoms with Crippen LogP contribution in [0.4, 0.5) is 5.69 Å². The van der Waals surface area contributed by atoms with E-state index in [1.165, 1.54) is 17.7 Å². The van der Waals surface area contributed by atoms with Crippen LogP contribution in [0, 0.1) is 0 Å². The number of phenols is 1. The monoisotopic (exact) mass is 485 g/mol. The van der Waals surface area contributed by atoms with E-state index in [1.807, 2.05) is 0 Å². The number of rotatable bonds is 8. The van der Waals surface area contributed by atoms with Crippen molar-refractivity contribution >= 4 is 22.6 Å². The second-order valence-corrected chi connectivity index (χ2v) is 9.03. The first-order valence-corrected chi connectivity index (χ1v) is 12.3. The molecule has 0 saturated carbocycles. The third-order valence-electron chi connectivity index (χ3n) is 6.75. The summed E-state index contributed by atoms with van der Waals surface area (Å²) in [6.07, 6.45) is 1.02. The lowest BCUT2D eigenvalue weighted by molar-refractivity contribution is 0.0997. The average molecular weight is 486 g/mol. The lowest BCUT2D eigenvalue weighted by Crippen LogP contribution is -2.47. The third kappa shape index (κ3) is 4.99. The van der Waals surface area contributed by atoms with Crippen LogP contribution in [0.3, 0.4) is 0 Å². The van der Waals surface area contributed by atoms with Crippen molar-refractivity contribution in [2.75, 3.05) is 44.2 Å². The van der Waals surface area contributed by atoms with Crippen molar-refractivity contribution in [2.45, 2.75) is 13.3 Å². The average Bonchev–Trinajstić information content (AvgIpc) is 3.35. The smallest absolute Gasteiger partial charge is 0.252 e. The summed E-state index contributed by atoms with van der Waals surface area (Å²) < 4.78 is 5.79. The highest BCUT2D eigenvalue weighted by atomic mass is 16.5. The molecule has 1 aliphatic rings. The number of carbonyl (C=O) groups is 1. The van der Waals surface area contributed by atoms with Crippen molar-refractivity contribution in [2.24, 2.45) is 5.73 Å². The molecule has 0 spiro atoms. The van der Waals surface area contributed by atoms with Crippen LogP contribution in [0.2, 0.25) is 0 Å². The number of aryl methyl sites for hydroxylation is 1. The van der Waals surface area contributed by atoms with Gasteiger partial charge in [-0.15, -0.1) is 0 Å². The third-order valence-corrected chi connectivity index (χ3v) is 6.75. The molecule has 2 heterocycles. The van der Waals surface area contributed by atoms with Crippen LogP contribution in [-0.4, -0.2) is 65.2 Å². The molecule has 36 heavy (non-hydrogen) atoms. The van der Waals surface area contributed by atoms with Gasteiger partial charge in [0.1, 0.15) is 29.4 Å². The number of nitrogens with zero attached hydrogens (tertiary/aromatic N) is 3. The molecule has 0 radical (unpaired) electrons. The number of benzene rings is 3. The number of hydrogen-bond donors (Lipinski definition) is 3. The topological polar surface area (TPSA) is 108 Å². The molecule has 8 nitrogen and oxygen atoms in total. The first kappa shape index (κ1) is 23.7. The first-order chi connectivity index (χ1) is 17.5. The maximum Gasteiger partial charge on any atom is 0.252 e. The van der Waals surface area contributed by atoms with Crippen LogP contribution in [-0.2, 0) is 6.42 Å². The van der Waals surface area contributed by atoms with Crippen LogP contribution in [0.15, 0.2) is 60.7 Å². The number of nitrogens with two attached hydrogens (primary N) is 1. The number of piperazine rings is 1. The van der Waals surface area contributed by atoms with Crippen molar-refractivity contribution in [3.05, 3.63) is 71.8 Å². The Kier molecular flexibility index (Phi) is 6.77. The molecular formula is C28H31N5O3. The molecule has 1 aromatic heterocycles. The molecule has 1 saturated heterocycles. The highest BCUT2D eigenvalue weighted by Gasteiger charge is 2.20. The first-order valence-electron chi connectivity index (χ1n) is 12.3. The maximum atomic E-state index is 11.4. The summed E-state index contributed by atoms with van der Waals surface area (Å²) in [4.78, 5) is 24.6. The number of aromatic nitrogens is 2. The van der Waals surface area contributed by atoms with Crippen molar-refractivity contribution in [1.29, 1.82) is 0 Å². The molecule has 5 rings (SSSR count). The normalized spacial score (nSPS) is 14.3. The molecule has 0 atom stereocenters. The minimum absolute atomic E-state index is 0.0646. The Bertz CT molecular complexity index is 1360. The number of primary amides is 1. The number of H-pyrrole nitrogens is 1. The van der Waals surface area contributed by atoms with E-state index in [9.17, 15) is 9.90 Å². The van der Waals surface area contributed by atoms with Crippen molar-refractivity contribution < 1.29 is 14.6 Å². The summed E-state index contributed by atoms with van der Waals surface area (Å²) >= 11 is 0. The minimum atomic E-state index is -0.678. The van der Waals surface area contributed by atoms with E-state index in [-0.39, 0.29) is 11.3 Å². The fourth-order valence-electron chi connectivity index (χ4n) is 4.61. The van der Waals surface area contributed by atoms with Crippen LogP contribution >= 0.6 is 0 Å². The number of aromatic amines is 1. The molecule has 4 aromatic rings. The largest absolute Gasteiger partial charge is 0.507 e. The van der Waals surface area contributed by atoms with Gasteiger partial charge in [0, 0.05) is 38.3 Å². The van der Waals surface area contributed by atoms with Crippen molar-refractivity contribution in [3.63, 3.8) is 0 Å². The van der Waals surface area contributed by atoms with Gasteiger partial charge in [-0.25, -0.2) is 4.98 Å². The molecule has 0 aliphatic carbocycles. The molecule has 3 aromatic carbocycles. The van der Waals surface area contributed by atoms with Gasteiger partial charge in [0.25, 0.3) is 5.91 Å². The van der Waals surface area contributed by atoms with Gasteiger partial charge in [0.2, 0.25) is 0 Å². The van der Waals surface area contributed by atoms with Crippen molar-refractivity contribution in [1.82, 2.24) is 14.9 Å². The summed E-state index contributed by atoms with van der Waals surface area (Å²) in [5.41, 5.74) is 11.0. The fraction of sp³-hybridized carbons (Fsp3) is 0.286. The van der Waals surface area contributed by atoms with E-state index in [1.54, 1.807) is 6.07 Å². The van der Waals surface area contributed by atoms with Crippen molar-refractivity contribution in [3.8, 4) is 22.9 Å². The Morgan fingerprint density at radius 1 is 1.08 bits per heavy atom. The van der Waals surface area contributed by atoms with Gasteiger partial charge in [-0.3, -0.25) is 9.69 Å². The molecule has 8 heteroatoms. The standard InChI is InChI=1S/C28H31N5O3/c1-2-19-6-8-20(9-7-19)28-30-23-4-3-5-24(26(23)31-28)33-14-12-32(13-15-33)16-17-36-21-10-11-25(34)22(18-21)27(29)35/h3-11,18,34H,2,12-17H2,1H3,(H2,29,35)(H,30,31). The van der Waals surface area contributed by atoms with E-state index in [4.69, 9.17) is 15.5 Å². The Morgan fingerprint density at radius 3 is 2.58 bits per heavy atom. The minimum Gasteiger partial charge on any atom is -0.507 e. The van der Waals surface area contributed by atoms with Gasteiger partial charge in [-0.2, -0.15) is 0 Å². The van der Waals surface area contributed by atoms with Crippen LogP contribution in [0.1, 0.15) is 22.8 Å². The predicted molar refractivity (Wildman–Crippen MR) is 142 cm³/mol. The molecule has 0 bridgehead atoms. The van der Waals surface area contributed by atoms with Crippen LogP contribution in [0.5, 0.6) is 11.5 Å². The zero-order valence-electron chi connectivity index (χ0n) is 20.4. The van der Waals surface area contributed by atoms with Gasteiger partial charge in [-0.1, -0.05) is 37.3 Å². The number of carbonyl (C=O) groups excluding carboxylic acids is 1. The number of ether oxygens (including phenoxy) is 1. The SMILES string of the molecule is CCc1ccc(-c2nc3c(N4CCN(CCOc5ccc(O)c(C(N)=O)c5)CC4)cccc3[nH]2)cc1. The summed E-state index contributed by atoms with van der Waals surface area (Å²) in [5, 5.41) is 9.72. The molecule has 1 fully saturated rings. The molecule has 4 N–H and O–H groups in total. The summed E-state index contributed by atoms with van der Waals surface area (Å²) in [6, 6.07) is 19.4. The van der Waals surface area contributed by atoms with E-state index in [0.717, 1.165) is 67.3 Å². The zero-order chi connectivity index (χ0) is 25.1. The zero-order valence-corrected chi connectivity index (χ0v) is 20.4. The number of fused-ring (bicyclic) bond motifs is 1. The van der Waals surface area contributed by atoms with E-state index in [0.29, 0.717) is 12.4 Å². The quantitative estimate of drug-likeness (QED) is 0.350. The number of amides is 1. The second kappa shape index (κ2) is 10.3. The second-order valence-electron chi connectivity index (χ2n) is 9.03. The fourth-order valence-corrected chi connectivity index (χ4v) is 4.61. The number of hydrogen-bond acceptors (Lipinski definition) is 6. The molecular weight excluding hydrogens is 454 g/mol. The van der Waals surface area contributed by atoms with Crippen LogP contribution in [0.25, 0.3) is 22.4 Å². The summed E-state index contributed by atoms with van der Waals surface area (Å²) in [7, 11) is 0. The number of nitrogens with one attached hydrogen (secondary N) is 1. The predicted octanol–water partition coefficient (Wildman–Crippen LogP) is 3.80. The Hall–Kier alpha value is -4.04. The Morgan fingerprint density at radius 2 is 1.86 bits per heavy atom. The van der Waals surface area contributed by atoms with Crippen LogP contribution < -0.4 is 15.4 Å². The van der Waals surface area contributed by atoms with Gasteiger partial charge in [0.05, 0.1) is 16.8 Å². The highest BCUT2D eigenvalue weighted by Crippen LogP contribution is 2.29. The number of para-hydroxylation sites is 1.